The van der Waals surface area contributed by atoms with Crippen molar-refractivity contribution in [2.75, 3.05) is 52.9 Å². The molecule has 0 bridgehead atoms. The van der Waals surface area contributed by atoms with Crippen LogP contribution in [0.5, 0.6) is 0 Å². The van der Waals surface area contributed by atoms with Crippen LogP contribution < -0.4 is 21.3 Å². The van der Waals surface area contributed by atoms with Gasteiger partial charge in [-0.25, -0.2) is 14.4 Å². The standard InChI is InChI=1S/C94H162N4O47/c1-7-9-11-13-15-17-19-21-23-25-27-29-31-33-53(110)52(98-64(115)34-32-30-28-26-24-22-20-18-16-14-12-10-8-2)46-132-86-76(124)74(122)79(62(44-104)135-86)138-88-77(125)84(80(63(45-105)136-88)139-85-51(35-47(3)106)78(70(118)59(41-101)133-85)137-87-75(123)73(121)69(117)58(40-100)134-87)145-94(91(130)131)38-56(113)67(97-50(6)109)83(144-94)72(120)61(43-103)141-93(90(128)129)37-55(112)66(96-49(5)108)82(143-93)71(119)60(42-102)140-92(89(126)127)36-54(111)65(95-48(4)107)81(142-92)68(116)57(114)39-99/h31,33,51-63,65-88,99-105,110-114,116-125H,7-30,32,34-46H2,1-6H3,(H,95,107)(H,96,108)(H,97,109)(H,98,115)(H,126,127)(H,128,129)(H,130,131)/b33-31+/t51-,52+,53-,54+,55+,56+,57-,58-,59-,60-,61-,62-,63-,65-,66-,67-,68-,69+,70+,71-,72-,73+,74-,75-,76-,77-,78-,79-,80+,81?,82?,83?,84-,85+,86-,87+,88+,92-,93-,94+/m1/s1. The number of rotatable bonds is 65. The first-order valence-corrected chi connectivity index (χ1v) is 50.6. The summed E-state index contributed by atoms with van der Waals surface area (Å²) in [5, 5.41) is 296. The highest BCUT2D eigenvalue weighted by molar-refractivity contribution is 5.79. The minimum absolute atomic E-state index is 0.0554. The van der Waals surface area contributed by atoms with Crippen molar-refractivity contribution in [1.29, 1.82) is 0 Å². The van der Waals surface area contributed by atoms with E-state index >= 15 is 0 Å². The second-order valence-corrected chi connectivity index (χ2v) is 38.8. The van der Waals surface area contributed by atoms with Crippen LogP contribution in [0, 0.1) is 5.92 Å². The van der Waals surface area contributed by atoms with E-state index in [4.69, 9.17) is 66.3 Å². The molecular weight excluding hydrogens is 1940 g/mol. The van der Waals surface area contributed by atoms with Crippen LogP contribution in [-0.2, 0) is 105 Å². The number of carboxylic acids is 3. The fraction of sp³-hybridized carbons (Fsp3) is 0.894. The van der Waals surface area contributed by atoms with Crippen molar-refractivity contribution >= 4 is 47.3 Å². The Hall–Kier alpha value is -5.74. The molecule has 29 N–H and O–H groups in total. The number of hydrogen-bond donors (Lipinski definition) is 29. The van der Waals surface area contributed by atoms with Crippen LogP contribution >= 0.6 is 0 Å². The molecule has 51 nitrogen and oxygen atoms in total. The number of carbonyl (C=O) groups is 8. The Bertz CT molecular complexity index is 3870. The van der Waals surface area contributed by atoms with E-state index in [1.807, 2.05) is 0 Å². The minimum atomic E-state index is -3.81. The van der Waals surface area contributed by atoms with Gasteiger partial charge in [0.05, 0.1) is 108 Å². The zero-order valence-corrected chi connectivity index (χ0v) is 83.0. The Kier molecular flexibility index (Phi) is 53.8. The molecule has 145 heavy (non-hydrogen) atoms. The van der Waals surface area contributed by atoms with Gasteiger partial charge in [-0.05, 0) is 26.2 Å². The monoisotopic (exact) mass is 2100 g/mol. The van der Waals surface area contributed by atoms with Crippen LogP contribution in [0.2, 0.25) is 0 Å². The topological polar surface area (TPSA) is 820 Å². The summed E-state index contributed by atoms with van der Waals surface area (Å²) < 4.78 is 84.3. The van der Waals surface area contributed by atoms with E-state index < -0.39 is 369 Å². The van der Waals surface area contributed by atoms with Crippen LogP contribution in [0.15, 0.2) is 12.2 Å². The summed E-state index contributed by atoms with van der Waals surface area (Å²) >= 11 is 0. The van der Waals surface area contributed by atoms with Gasteiger partial charge in [-0.1, -0.05) is 167 Å². The first-order valence-electron chi connectivity index (χ1n) is 50.6. The third-order valence-corrected chi connectivity index (χ3v) is 27.4. The Balaban J connectivity index is 1.25. The van der Waals surface area contributed by atoms with Crippen LogP contribution in [-0.4, -0.2) is 465 Å². The van der Waals surface area contributed by atoms with E-state index in [-0.39, 0.29) is 6.42 Å². The zero-order chi connectivity index (χ0) is 107. The molecule has 0 aliphatic carbocycles. The van der Waals surface area contributed by atoms with E-state index in [2.05, 4.69) is 35.1 Å². The fourth-order valence-corrected chi connectivity index (χ4v) is 19.4. The molecule has 7 rings (SSSR count). The molecule has 7 saturated heterocycles. The van der Waals surface area contributed by atoms with Gasteiger partial charge >= 0.3 is 17.9 Å². The summed E-state index contributed by atoms with van der Waals surface area (Å²) in [7, 11) is 0. The molecule has 0 aromatic rings. The van der Waals surface area contributed by atoms with E-state index in [1.54, 1.807) is 6.08 Å². The minimum Gasteiger partial charge on any atom is -0.477 e. The number of aliphatic carboxylic acids is 3. The quantitative estimate of drug-likeness (QED) is 0.0199. The van der Waals surface area contributed by atoms with Crippen molar-refractivity contribution in [2.45, 2.75) is 472 Å². The van der Waals surface area contributed by atoms with Crippen LogP contribution in [0.25, 0.3) is 0 Å². The Morgan fingerprint density at radius 2 is 0.766 bits per heavy atom. The van der Waals surface area contributed by atoms with Gasteiger partial charge in [-0.15, -0.1) is 0 Å². The lowest BCUT2D eigenvalue weighted by Crippen LogP contribution is -2.72. The average Bonchev–Trinajstić information content (AvgIpc) is 0.746. The molecule has 7 fully saturated rings. The number of amides is 4. The largest absolute Gasteiger partial charge is 0.477 e. The van der Waals surface area contributed by atoms with Gasteiger partial charge in [-0.2, -0.15) is 0 Å². The second-order valence-electron chi connectivity index (χ2n) is 38.8. The van der Waals surface area contributed by atoms with Gasteiger partial charge in [0.1, 0.15) is 146 Å². The van der Waals surface area contributed by atoms with Gasteiger partial charge in [-0.3, -0.25) is 19.2 Å². The number of allylic oxidation sites excluding steroid dienone is 1. The lowest BCUT2D eigenvalue weighted by molar-refractivity contribution is -0.407. The Morgan fingerprint density at radius 3 is 1.19 bits per heavy atom. The highest BCUT2D eigenvalue weighted by Crippen LogP contribution is 2.46. The molecule has 0 radical (unpaired) electrons. The van der Waals surface area contributed by atoms with Gasteiger partial charge in [0.15, 0.2) is 25.2 Å². The molecule has 0 aromatic carbocycles. The first-order chi connectivity index (χ1) is 68.9. The van der Waals surface area contributed by atoms with E-state index in [0.717, 1.165) is 111 Å². The summed E-state index contributed by atoms with van der Waals surface area (Å²) in [4.78, 5) is 108. The molecule has 3 unspecified atom stereocenters. The third kappa shape index (κ3) is 35.1. The maximum absolute atomic E-state index is 14.7. The Labute approximate surface area is 840 Å². The van der Waals surface area contributed by atoms with Gasteiger partial charge in [0, 0.05) is 58.8 Å². The SMILES string of the molecule is CCCCCCCCCCCCC/C=C/[C@@H](O)[C@H](CO[C@@H]1O[C@H](CO)[C@@H](O[C@@H]2O[C@H](CO)[C@H](O[C@@H]3O[C@H](CO)[C@H](O)[C@H](O[C@@H]4O[C@H](CO)[C@H](O)[C@H](O)[C@H]4O)[C@H]3CC(C)=O)[C@H](O[C@]3(C(=O)O)C[C@H](O)[C@@H](NC(C)=O)C([C@H](O)[C@@H](CO)O[C@]4(C(=O)O)C[C@H](O)[C@@H](NC(C)=O)C([C@H](O)[C@@H](CO)O[C@]5(C(=O)O)C[C@H](O)[C@@H](NC(C)=O)C([C@H](O)[C@H](O)CO)O5)O4)O3)[C@H]2O)[C@H](O)[C@H]1O)NC(=O)CCCCCCCCCCCCCCC. The maximum Gasteiger partial charge on any atom is 0.364 e. The normalized spacial score (nSPS) is 35.8. The van der Waals surface area contributed by atoms with Gasteiger partial charge < -0.3 is 220 Å². The summed E-state index contributed by atoms with van der Waals surface area (Å²) in [5.41, 5.74) is 0. The number of carbonyl (C=O) groups excluding carboxylic acids is 5. The number of Topliss-reactive ketones (excluding diaryl/α,β-unsaturated/α-hetero) is 1. The second kappa shape index (κ2) is 61.8. The van der Waals surface area contributed by atoms with Crippen molar-refractivity contribution in [2.24, 2.45) is 5.92 Å². The molecular formula is C94H162N4O47. The van der Waals surface area contributed by atoms with Gasteiger partial charge in [0.2, 0.25) is 23.6 Å². The van der Waals surface area contributed by atoms with E-state index in [9.17, 15) is 166 Å². The molecule has 4 amide bonds. The highest BCUT2D eigenvalue weighted by atomic mass is 16.8. The van der Waals surface area contributed by atoms with Crippen LogP contribution in [0.4, 0.5) is 0 Å². The van der Waals surface area contributed by atoms with Crippen LogP contribution in [0.3, 0.4) is 0 Å². The summed E-state index contributed by atoms with van der Waals surface area (Å²) in [6, 6.07) is -7.45. The van der Waals surface area contributed by atoms with Crippen LogP contribution in [0.1, 0.15) is 234 Å². The lowest BCUT2D eigenvalue weighted by Gasteiger charge is -2.53. The molecule has 0 saturated carbocycles. The number of aliphatic hydroxyl groups is 22. The highest BCUT2D eigenvalue weighted by Gasteiger charge is 2.66. The predicted molar refractivity (Wildman–Crippen MR) is 493 cm³/mol. The lowest BCUT2D eigenvalue weighted by atomic mass is 9.86. The van der Waals surface area contributed by atoms with Gasteiger partial charge in [0.25, 0.3) is 17.4 Å². The predicted octanol–water partition coefficient (Wildman–Crippen LogP) is -6.38. The number of nitrogens with one attached hydrogen (secondary N) is 4. The number of hydrogen-bond acceptors (Lipinski definition) is 44. The molecule has 7 heterocycles. The number of carboxylic acid groups (broad SMARTS) is 3. The number of ketones is 1. The number of aliphatic hydroxyl groups excluding tert-OH is 22. The smallest absolute Gasteiger partial charge is 0.364 e. The molecule has 0 spiro atoms. The maximum atomic E-state index is 14.7. The zero-order valence-electron chi connectivity index (χ0n) is 83.0. The summed E-state index contributed by atoms with van der Waals surface area (Å²) in [5.74, 6) is -24.3. The van der Waals surface area contributed by atoms with Crippen molar-refractivity contribution in [1.82, 2.24) is 21.3 Å². The molecule has 0 aromatic heterocycles. The van der Waals surface area contributed by atoms with E-state index in [1.165, 1.54) is 70.3 Å². The molecule has 7 aliphatic rings. The summed E-state index contributed by atoms with van der Waals surface area (Å²) in [6.45, 7) is -2.19. The van der Waals surface area contributed by atoms with E-state index in [0.29, 0.717) is 12.8 Å². The summed E-state index contributed by atoms with van der Waals surface area (Å²) in [6.07, 6.45) is -49.8. The average molecular weight is 2100 g/mol. The molecule has 51 heteroatoms. The molecule has 840 valence electrons. The number of ether oxygens (including phenoxy) is 14. The first kappa shape index (κ1) is 126. The van der Waals surface area contributed by atoms with Crippen molar-refractivity contribution < 1.29 is 232 Å². The number of unbranched alkanes of at least 4 members (excludes halogenated alkanes) is 23. The molecule has 40 atom stereocenters. The van der Waals surface area contributed by atoms with Crippen molar-refractivity contribution in [3.8, 4) is 0 Å². The molecule has 7 aliphatic heterocycles. The fourth-order valence-electron chi connectivity index (χ4n) is 19.4. The Morgan fingerprint density at radius 1 is 0.393 bits per heavy atom. The van der Waals surface area contributed by atoms with Crippen molar-refractivity contribution in [3.63, 3.8) is 0 Å². The third-order valence-electron chi connectivity index (χ3n) is 27.4. The van der Waals surface area contributed by atoms with Crippen molar-refractivity contribution in [3.05, 3.63) is 12.2 Å².